The molecule has 1 aromatic rings. The highest BCUT2D eigenvalue weighted by atomic mass is 16.3. The highest BCUT2D eigenvalue weighted by Crippen LogP contribution is 2.24. The number of aliphatic hydroxyl groups excluding tert-OH is 1. The van der Waals surface area contributed by atoms with Crippen LogP contribution in [-0.4, -0.2) is 31.1 Å². The number of benzene rings is 1. The maximum Gasteiger partial charge on any atom is 0.150 e. The fraction of sp³-hybridized carbons (Fsp3) is 0.500. The molecule has 0 bridgehead atoms. The summed E-state index contributed by atoms with van der Waals surface area (Å²) in [6.07, 6.45) is 3.13. The average molecular weight is 233 g/mol. The van der Waals surface area contributed by atoms with E-state index in [1.165, 1.54) is 0 Å². The molecule has 0 aliphatic carbocycles. The third-order valence-electron chi connectivity index (χ3n) is 3.52. The van der Waals surface area contributed by atoms with Crippen LogP contribution in [0.1, 0.15) is 28.8 Å². The van der Waals surface area contributed by atoms with E-state index in [1.807, 2.05) is 19.1 Å². The van der Waals surface area contributed by atoms with Gasteiger partial charge in [0.2, 0.25) is 0 Å². The summed E-state index contributed by atoms with van der Waals surface area (Å²) in [7, 11) is 0. The highest BCUT2D eigenvalue weighted by Gasteiger charge is 2.19. The number of carbonyl (C=O) groups is 1. The topological polar surface area (TPSA) is 40.5 Å². The summed E-state index contributed by atoms with van der Waals surface area (Å²) in [5.74, 6) is 0.384. The molecule has 0 radical (unpaired) electrons. The van der Waals surface area contributed by atoms with E-state index in [0.717, 1.165) is 49.0 Å². The summed E-state index contributed by atoms with van der Waals surface area (Å²) in [4.78, 5) is 13.1. The Balaban J connectivity index is 2.16. The van der Waals surface area contributed by atoms with Crippen LogP contribution in [0.4, 0.5) is 5.69 Å². The smallest absolute Gasteiger partial charge is 0.150 e. The lowest BCUT2D eigenvalue weighted by Crippen LogP contribution is -2.36. The molecule has 1 fully saturated rings. The first-order valence-electron chi connectivity index (χ1n) is 6.16. The van der Waals surface area contributed by atoms with Gasteiger partial charge in [0.05, 0.1) is 0 Å². The molecule has 2 rings (SSSR count). The Labute approximate surface area is 102 Å². The van der Waals surface area contributed by atoms with Crippen molar-refractivity contribution in [3.05, 3.63) is 29.3 Å². The van der Waals surface area contributed by atoms with Gasteiger partial charge in [0.15, 0.2) is 0 Å². The van der Waals surface area contributed by atoms with E-state index >= 15 is 0 Å². The molecule has 17 heavy (non-hydrogen) atoms. The third kappa shape index (κ3) is 2.67. The van der Waals surface area contributed by atoms with Crippen molar-refractivity contribution >= 4 is 12.0 Å². The van der Waals surface area contributed by atoms with Gasteiger partial charge in [0.1, 0.15) is 6.29 Å². The molecule has 1 unspecified atom stereocenters. The maximum absolute atomic E-state index is 10.8. The van der Waals surface area contributed by atoms with Crippen LogP contribution in [0, 0.1) is 12.8 Å². The van der Waals surface area contributed by atoms with Crippen molar-refractivity contribution in [1.29, 1.82) is 0 Å². The van der Waals surface area contributed by atoms with Crippen LogP contribution < -0.4 is 4.90 Å². The molecular formula is C14H19NO2. The van der Waals surface area contributed by atoms with Crippen LogP contribution in [-0.2, 0) is 0 Å². The van der Waals surface area contributed by atoms with E-state index in [-0.39, 0.29) is 6.61 Å². The molecule has 0 saturated carbocycles. The minimum absolute atomic E-state index is 0.266. The minimum Gasteiger partial charge on any atom is -0.396 e. The van der Waals surface area contributed by atoms with Crippen LogP contribution in [0.3, 0.4) is 0 Å². The Bertz CT molecular complexity index is 403. The molecule has 1 aliphatic heterocycles. The summed E-state index contributed by atoms with van der Waals surface area (Å²) in [5, 5.41) is 9.22. The summed E-state index contributed by atoms with van der Waals surface area (Å²) in [6.45, 7) is 4.18. The van der Waals surface area contributed by atoms with Gasteiger partial charge in [-0.2, -0.15) is 0 Å². The summed E-state index contributed by atoms with van der Waals surface area (Å²) in [5.41, 5.74) is 2.93. The molecule has 0 aromatic heterocycles. The number of aldehydes is 1. The minimum atomic E-state index is 0.266. The molecular weight excluding hydrogens is 214 g/mol. The van der Waals surface area contributed by atoms with Crippen LogP contribution in [0.5, 0.6) is 0 Å². The molecule has 3 nitrogen and oxygen atoms in total. The Hall–Kier alpha value is -1.35. The first-order valence-corrected chi connectivity index (χ1v) is 6.16. The molecule has 92 valence electrons. The van der Waals surface area contributed by atoms with E-state index in [0.29, 0.717) is 5.92 Å². The lowest BCUT2D eigenvalue weighted by atomic mass is 9.98. The number of aryl methyl sites for hydroxylation is 1. The third-order valence-corrected chi connectivity index (χ3v) is 3.52. The van der Waals surface area contributed by atoms with Gasteiger partial charge in [-0.3, -0.25) is 4.79 Å². The predicted molar refractivity (Wildman–Crippen MR) is 68.6 cm³/mol. The van der Waals surface area contributed by atoms with Crippen molar-refractivity contribution in [3.8, 4) is 0 Å². The number of rotatable bonds is 3. The van der Waals surface area contributed by atoms with Crippen molar-refractivity contribution in [2.24, 2.45) is 5.92 Å². The molecule has 1 aromatic carbocycles. The second-order valence-corrected chi connectivity index (χ2v) is 4.80. The van der Waals surface area contributed by atoms with Gasteiger partial charge < -0.3 is 10.0 Å². The van der Waals surface area contributed by atoms with Crippen LogP contribution in [0.15, 0.2) is 18.2 Å². The zero-order valence-electron chi connectivity index (χ0n) is 10.2. The Morgan fingerprint density at radius 2 is 2.35 bits per heavy atom. The van der Waals surface area contributed by atoms with Crippen molar-refractivity contribution < 1.29 is 9.90 Å². The van der Waals surface area contributed by atoms with Crippen LogP contribution in [0.25, 0.3) is 0 Å². The Morgan fingerprint density at radius 3 is 3.00 bits per heavy atom. The fourth-order valence-electron chi connectivity index (χ4n) is 2.44. The molecule has 0 amide bonds. The van der Waals surface area contributed by atoms with Gasteiger partial charge in [0, 0.05) is 30.9 Å². The first kappa shape index (κ1) is 12.1. The van der Waals surface area contributed by atoms with E-state index < -0.39 is 0 Å². The Kier molecular flexibility index (Phi) is 3.79. The second-order valence-electron chi connectivity index (χ2n) is 4.80. The van der Waals surface area contributed by atoms with Gasteiger partial charge in [0.25, 0.3) is 0 Å². The molecule has 1 N–H and O–H groups in total. The number of piperidine rings is 1. The normalized spacial score (nSPS) is 20.4. The van der Waals surface area contributed by atoms with E-state index in [1.54, 1.807) is 0 Å². The zero-order chi connectivity index (χ0) is 12.3. The van der Waals surface area contributed by atoms with Crippen LogP contribution in [0.2, 0.25) is 0 Å². The zero-order valence-corrected chi connectivity index (χ0v) is 10.2. The molecule has 1 heterocycles. The molecule has 0 spiro atoms. The van der Waals surface area contributed by atoms with Crippen molar-refractivity contribution in [2.75, 3.05) is 24.6 Å². The van der Waals surface area contributed by atoms with Crippen molar-refractivity contribution in [2.45, 2.75) is 19.8 Å². The average Bonchev–Trinajstić information content (AvgIpc) is 2.38. The van der Waals surface area contributed by atoms with Gasteiger partial charge >= 0.3 is 0 Å². The fourth-order valence-corrected chi connectivity index (χ4v) is 2.44. The monoisotopic (exact) mass is 233 g/mol. The summed E-state index contributed by atoms with van der Waals surface area (Å²) in [6, 6.07) is 5.93. The van der Waals surface area contributed by atoms with E-state index in [2.05, 4.69) is 11.0 Å². The number of carbonyl (C=O) groups excluding carboxylic acids is 1. The Morgan fingerprint density at radius 1 is 1.53 bits per heavy atom. The van der Waals surface area contributed by atoms with Crippen molar-refractivity contribution in [3.63, 3.8) is 0 Å². The van der Waals surface area contributed by atoms with Crippen molar-refractivity contribution in [1.82, 2.24) is 0 Å². The first-order chi connectivity index (χ1) is 8.24. The van der Waals surface area contributed by atoms with E-state index in [9.17, 15) is 9.90 Å². The lowest BCUT2D eigenvalue weighted by Gasteiger charge is -2.33. The summed E-state index contributed by atoms with van der Waals surface area (Å²) < 4.78 is 0. The van der Waals surface area contributed by atoms with E-state index in [4.69, 9.17) is 0 Å². The number of hydrogen-bond acceptors (Lipinski definition) is 3. The molecule has 1 aliphatic rings. The highest BCUT2D eigenvalue weighted by molar-refractivity contribution is 5.78. The second kappa shape index (κ2) is 5.32. The quantitative estimate of drug-likeness (QED) is 0.812. The van der Waals surface area contributed by atoms with Gasteiger partial charge in [-0.05, 0) is 49.4 Å². The number of anilines is 1. The van der Waals surface area contributed by atoms with Gasteiger partial charge in [-0.15, -0.1) is 0 Å². The number of nitrogens with zero attached hydrogens (tertiary/aromatic N) is 1. The summed E-state index contributed by atoms with van der Waals surface area (Å²) >= 11 is 0. The molecule has 1 saturated heterocycles. The predicted octanol–water partition coefficient (Wildman–Crippen LogP) is 2.02. The van der Waals surface area contributed by atoms with Gasteiger partial charge in [-0.1, -0.05) is 0 Å². The standard InChI is InChI=1S/C14H19NO2/c1-11-7-14(5-4-13(11)10-17)15-6-2-3-12(8-15)9-16/h4-5,7,10,12,16H,2-3,6,8-9H2,1H3. The molecule has 1 atom stereocenters. The SMILES string of the molecule is Cc1cc(N2CCCC(CO)C2)ccc1C=O. The lowest BCUT2D eigenvalue weighted by molar-refractivity contribution is 0.112. The number of aliphatic hydroxyl groups is 1. The van der Waals surface area contributed by atoms with Gasteiger partial charge in [-0.25, -0.2) is 0 Å². The number of hydrogen-bond donors (Lipinski definition) is 1. The molecule has 3 heteroatoms. The van der Waals surface area contributed by atoms with Crippen LogP contribution >= 0.6 is 0 Å². The maximum atomic E-state index is 10.8. The largest absolute Gasteiger partial charge is 0.396 e.